The Bertz CT molecular complexity index is 551. The maximum absolute atomic E-state index is 11.9. The van der Waals surface area contributed by atoms with Crippen molar-refractivity contribution in [3.63, 3.8) is 0 Å². The van der Waals surface area contributed by atoms with Crippen molar-refractivity contribution in [1.82, 2.24) is 19.6 Å². The summed E-state index contributed by atoms with van der Waals surface area (Å²) in [6.45, 7) is 17.0. The molecule has 0 unspecified atom stereocenters. The highest BCUT2D eigenvalue weighted by atomic mass is 16.5. The molecule has 3 saturated heterocycles. The number of piperazine rings is 1. The second kappa shape index (κ2) is 16.4. The van der Waals surface area contributed by atoms with Crippen LogP contribution < -0.4 is 0 Å². The quantitative estimate of drug-likeness (QED) is 0.393. The van der Waals surface area contributed by atoms with Crippen molar-refractivity contribution in [3.05, 3.63) is 0 Å². The Kier molecular flexibility index (Phi) is 14.1. The van der Waals surface area contributed by atoms with Crippen LogP contribution in [0.4, 0.5) is 0 Å². The van der Waals surface area contributed by atoms with Crippen LogP contribution in [0.25, 0.3) is 0 Å². The number of hydrogen-bond acceptors (Lipinski definition) is 10. The minimum absolute atomic E-state index is 0.215. The van der Waals surface area contributed by atoms with Crippen molar-refractivity contribution in [2.24, 2.45) is 5.41 Å². The predicted molar refractivity (Wildman–Crippen MR) is 134 cm³/mol. The largest absolute Gasteiger partial charge is 0.465 e. The number of nitrogens with zero attached hydrogens (tertiary/aromatic N) is 4. The molecule has 0 aliphatic carbocycles. The fourth-order valence-electron chi connectivity index (χ4n) is 3.79. The Morgan fingerprint density at radius 3 is 1.34 bits per heavy atom. The highest BCUT2D eigenvalue weighted by Crippen LogP contribution is 2.17. The van der Waals surface area contributed by atoms with Gasteiger partial charge in [-0.2, -0.15) is 0 Å². The minimum atomic E-state index is -0.400. The van der Waals surface area contributed by atoms with Gasteiger partial charge in [-0.1, -0.05) is 13.8 Å². The number of ether oxygens (including phenoxy) is 4. The summed E-state index contributed by atoms with van der Waals surface area (Å²) in [6.07, 6.45) is 0.741. The molecule has 0 aromatic rings. The summed E-state index contributed by atoms with van der Waals surface area (Å²) < 4.78 is 21.3. The molecule has 3 heterocycles. The third kappa shape index (κ3) is 14.1. The van der Waals surface area contributed by atoms with E-state index in [4.69, 9.17) is 18.9 Å². The van der Waals surface area contributed by atoms with Gasteiger partial charge in [-0.3, -0.25) is 19.4 Å². The zero-order chi connectivity index (χ0) is 25.5. The first-order chi connectivity index (χ1) is 16.7. The summed E-state index contributed by atoms with van der Waals surface area (Å²) in [5, 5.41) is 0. The van der Waals surface area contributed by atoms with Crippen LogP contribution in [0.1, 0.15) is 26.7 Å². The Morgan fingerprint density at radius 1 is 0.657 bits per heavy atom. The Labute approximate surface area is 211 Å². The van der Waals surface area contributed by atoms with Gasteiger partial charge < -0.3 is 28.7 Å². The lowest BCUT2D eigenvalue weighted by Gasteiger charge is -2.28. The van der Waals surface area contributed by atoms with Crippen LogP contribution in [0, 0.1) is 5.41 Å². The average Bonchev–Trinajstić information content (AvgIpc) is 2.87. The topological polar surface area (TPSA) is 84.0 Å². The number of carbonyl (C=O) groups excluding carboxylic acids is 2. The van der Waals surface area contributed by atoms with Gasteiger partial charge in [0.25, 0.3) is 0 Å². The van der Waals surface area contributed by atoms with Crippen molar-refractivity contribution in [2.45, 2.75) is 26.7 Å². The molecule has 35 heavy (non-hydrogen) atoms. The van der Waals surface area contributed by atoms with E-state index in [1.54, 1.807) is 0 Å². The smallest absolute Gasteiger partial charge is 0.307 e. The van der Waals surface area contributed by atoms with Crippen LogP contribution in [0.2, 0.25) is 0 Å². The molecule has 3 fully saturated rings. The van der Waals surface area contributed by atoms with Crippen LogP contribution in [0.3, 0.4) is 0 Å². The molecule has 0 aromatic carbocycles. The predicted octanol–water partition coefficient (Wildman–Crippen LogP) is 0.407. The maximum atomic E-state index is 11.9. The van der Waals surface area contributed by atoms with Gasteiger partial charge in [-0.15, -0.1) is 0 Å². The molecule has 0 spiro atoms. The molecule has 3 rings (SSSR count). The van der Waals surface area contributed by atoms with E-state index < -0.39 is 5.41 Å². The maximum Gasteiger partial charge on any atom is 0.307 e. The first-order valence-electron chi connectivity index (χ1n) is 13.0. The third-order valence-electron chi connectivity index (χ3n) is 6.45. The van der Waals surface area contributed by atoms with Gasteiger partial charge in [0.1, 0.15) is 0 Å². The van der Waals surface area contributed by atoms with Crippen molar-refractivity contribution in [2.75, 3.05) is 119 Å². The summed E-state index contributed by atoms with van der Waals surface area (Å²) in [5.41, 5.74) is -0.400. The number of carbonyl (C=O) groups is 2. The van der Waals surface area contributed by atoms with Gasteiger partial charge in [0.2, 0.25) is 0 Å². The third-order valence-corrected chi connectivity index (χ3v) is 6.45. The van der Waals surface area contributed by atoms with Gasteiger partial charge in [0, 0.05) is 70.9 Å². The van der Waals surface area contributed by atoms with E-state index in [1.807, 2.05) is 13.8 Å². The van der Waals surface area contributed by atoms with Gasteiger partial charge >= 0.3 is 11.9 Å². The molecule has 0 atom stereocenters. The van der Waals surface area contributed by atoms with E-state index in [9.17, 15) is 9.59 Å². The number of morpholine rings is 2. The fourth-order valence-corrected chi connectivity index (χ4v) is 3.79. The van der Waals surface area contributed by atoms with Crippen molar-refractivity contribution in [3.8, 4) is 0 Å². The lowest BCUT2D eigenvalue weighted by atomic mass is 9.96. The Morgan fingerprint density at radius 2 is 1.00 bits per heavy atom. The van der Waals surface area contributed by atoms with Gasteiger partial charge in [-0.05, 0) is 14.1 Å². The van der Waals surface area contributed by atoms with Crippen LogP contribution in [-0.4, -0.2) is 151 Å². The molecule has 0 amide bonds. The average molecular weight is 501 g/mol. The standard InChI is InChI=1S/C19H34N2O6.C6H14N2/c1-19(2,15-26-17(22)3-5-20-7-11-24-12-8-20)16-27-18(23)4-6-21-9-13-25-14-10-21;1-7-3-5-8(2)6-4-7/h3-16H2,1-2H3;3-6H2,1-2H3. The van der Waals surface area contributed by atoms with Gasteiger partial charge in [0.05, 0.1) is 52.5 Å². The lowest BCUT2D eigenvalue weighted by Crippen LogP contribution is -2.42. The van der Waals surface area contributed by atoms with Crippen LogP contribution in [0.5, 0.6) is 0 Å². The molecule has 10 heteroatoms. The summed E-state index contributed by atoms with van der Waals surface area (Å²) in [4.78, 5) is 33.0. The first-order valence-corrected chi connectivity index (χ1v) is 13.0. The van der Waals surface area contributed by atoms with E-state index in [-0.39, 0.29) is 25.2 Å². The van der Waals surface area contributed by atoms with Crippen molar-refractivity contribution < 1.29 is 28.5 Å². The molecule has 3 aliphatic heterocycles. The van der Waals surface area contributed by atoms with E-state index in [0.717, 1.165) is 52.6 Å². The molecular weight excluding hydrogens is 452 g/mol. The SMILES string of the molecule is CC(C)(COC(=O)CCN1CCOCC1)COC(=O)CCN1CCOCC1.CN1CCN(C)CC1. The summed E-state index contributed by atoms with van der Waals surface area (Å²) >= 11 is 0. The normalized spacial score (nSPS) is 21.1. The molecule has 0 saturated carbocycles. The van der Waals surface area contributed by atoms with Crippen LogP contribution >= 0.6 is 0 Å². The van der Waals surface area contributed by atoms with E-state index >= 15 is 0 Å². The minimum Gasteiger partial charge on any atom is -0.465 e. The molecule has 3 aliphatic rings. The van der Waals surface area contributed by atoms with Crippen LogP contribution in [0.15, 0.2) is 0 Å². The number of likely N-dealkylation sites (N-methyl/N-ethyl adjacent to an activating group) is 2. The number of rotatable bonds is 10. The van der Waals surface area contributed by atoms with E-state index in [1.165, 1.54) is 26.2 Å². The monoisotopic (exact) mass is 500 g/mol. The second-order valence-electron chi connectivity index (χ2n) is 10.5. The van der Waals surface area contributed by atoms with Crippen molar-refractivity contribution in [1.29, 1.82) is 0 Å². The molecule has 204 valence electrons. The van der Waals surface area contributed by atoms with E-state index in [0.29, 0.717) is 25.9 Å². The molecule has 0 N–H and O–H groups in total. The lowest BCUT2D eigenvalue weighted by molar-refractivity contribution is -0.153. The van der Waals surface area contributed by atoms with Crippen molar-refractivity contribution >= 4 is 11.9 Å². The highest BCUT2D eigenvalue weighted by molar-refractivity contribution is 5.70. The number of hydrogen-bond donors (Lipinski definition) is 0. The second-order valence-corrected chi connectivity index (χ2v) is 10.5. The van der Waals surface area contributed by atoms with Gasteiger partial charge in [0.15, 0.2) is 0 Å². The van der Waals surface area contributed by atoms with Gasteiger partial charge in [-0.25, -0.2) is 0 Å². The fraction of sp³-hybridized carbons (Fsp3) is 0.920. The first kappa shape index (κ1) is 29.9. The molecule has 10 nitrogen and oxygen atoms in total. The molecule has 0 radical (unpaired) electrons. The molecular formula is C25H48N4O6. The Hall–Kier alpha value is -1.30. The van der Waals surface area contributed by atoms with E-state index in [2.05, 4.69) is 33.7 Å². The van der Waals surface area contributed by atoms with Crippen LogP contribution in [-0.2, 0) is 28.5 Å². The number of esters is 2. The zero-order valence-corrected chi connectivity index (χ0v) is 22.5. The summed E-state index contributed by atoms with van der Waals surface area (Å²) in [6, 6.07) is 0. The summed E-state index contributed by atoms with van der Waals surface area (Å²) in [7, 11) is 4.35. The molecule has 0 aromatic heterocycles. The summed E-state index contributed by atoms with van der Waals surface area (Å²) in [5.74, 6) is -0.429. The molecule has 0 bridgehead atoms. The Balaban J connectivity index is 0.000000456. The zero-order valence-electron chi connectivity index (χ0n) is 22.5. The highest BCUT2D eigenvalue weighted by Gasteiger charge is 2.23.